The summed E-state index contributed by atoms with van der Waals surface area (Å²) in [6.45, 7) is 1.35. The van der Waals surface area contributed by atoms with E-state index in [9.17, 15) is 9.59 Å². The lowest BCUT2D eigenvalue weighted by molar-refractivity contribution is -0.137. The molecule has 0 saturated carbocycles. The van der Waals surface area contributed by atoms with Gasteiger partial charge in [-0.25, -0.2) is 0 Å². The first-order chi connectivity index (χ1) is 11.1. The molecule has 1 aliphatic rings. The molecule has 1 aliphatic heterocycles. The highest BCUT2D eigenvalue weighted by molar-refractivity contribution is 5.96. The summed E-state index contributed by atoms with van der Waals surface area (Å²) in [4.78, 5) is 25.3. The second kappa shape index (κ2) is 6.83. The molecule has 6 heteroatoms. The number of rotatable bonds is 5. The number of hydrogen-bond acceptors (Lipinski definition) is 4. The van der Waals surface area contributed by atoms with Crippen molar-refractivity contribution in [3.63, 3.8) is 0 Å². The Morgan fingerprint density at radius 1 is 1.22 bits per heavy atom. The lowest BCUT2D eigenvalue weighted by Crippen LogP contribution is -2.44. The van der Waals surface area contributed by atoms with Crippen molar-refractivity contribution in [1.29, 1.82) is 0 Å². The van der Waals surface area contributed by atoms with Crippen LogP contribution < -0.4 is 0 Å². The number of furan rings is 1. The highest BCUT2D eigenvalue weighted by atomic mass is 16.5. The number of aliphatic carboxylic acids is 1. The first-order valence-electron chi connectivity index (χ1n) is 7.74. The number of amides is 1. The molecule has 0 aliphatic carbocycles. The smallest absolute Gasteiger partial charge is 0.305 e. The Balaban J connectivity index is 1.84. The zero-order valence-electron chi connectivity index (χ0n) is 12.7. The van der Waals surface area contributed by atoms with E-state index < -0.39 is 5.97 Å². The molecule has 0 atom stereocenters. The maximum atomic E-state index is 12.8. The van der Waals surface area contributed by atoms with Gasteiger partial charge < -0.3 is 19.2 Å². The van der Waals surface area contributed by atoms with E-state index in [-0.39, 0.29) is 30.7 Å². The van der Waals surface area contributed by atoms with Gasteiger partial charge in [-0.3, -0.25) is 9.59 Å². The minimum Gasteiger partial charge on any atom is -0.481 e. The van der Waals surface area contributed by atoms with Crippen molar-refractivity contribution in [3.8, 4) is 0 Å². The van der Waals surface area contributed by atoms with Crippen LogP contribution in [-0.2, 0) is 9.53 Å². The summed E-state index contributed by atoms with van der Waals surface area (Å²) >= 11 is 0. The minimum atomic E-state index is -0.917. The van der Waals surface area contributed by atoms with E-state index in [1.807, 2.05) is 24.3 Å². The standard InChI is InChI=1S/C17H19NO5/c19-16(20)5-8-18(13-6-9-22-10-7-13)17(21)15-11-12-3-1-2-4-14(12)23-15/h1-4,11,13H,5-10H2,(H,19,20). The number of para-hydroxylation sites is 1. The van der Waals surface area contributed by atoms with Crippen molar-refractivity contribution in [1.82, 2.24) is 4.90 Å². The fourth-order valence-corrected chi connectivity index (χ4v) is 2.89. The third kappa shape index (κ3) is 3.53. The van der Waals surface area contributed by atoms with Crippen molar-refractivity contribution in [2.45, 2.75) is 25.3 Å². The van der Waals surface area contributed by atoms with Gasteiger partial charge in [-0.2, -0.15) is 0 Å². The largest absolute Gasteiger partial charge is 0.481 e. The SMILES string of the molecule is O=C(O)CCN(C(=O)c1cc2ccccc2o1)C1CCOCC1. The molecule has 6 nitrogen and oxygen atoms in total. The van der Waals surface area contributed by atoms with E-state index in [4.69, 9.17) is 14.3 Å². The maximum Gasteiger partial charge on any atom is 0.305 e. The van der Waals surface area contributed by atoms with Crippen LogP contribution in [0.15, 0.2) is 34.7 Å². The van der Waals surface area contributed by atoms with Crippen LogP contribution in [0.2, 0.25) is 0 Å². The first-order valence-corrected chi connectivity index (χ1v) is 7.74. The van der Waals surface area contributed by atoms with Gasteiger partial charge in [0.05, 0.1) is 6.42 Å². The first kappa shape index (κ1) is 15.6. The Labute approximate surface area is 133 Å². The third-order valence-electron chi connectivity index (χ3n) is 4.10. The molecular formula is C17H19NO5. The second-order valence-electron chi connectivity index (χ2n) is 5.63. The van der Waals surface area contributed by atoms with E-state index >= 15 is 0 Å². The van der Waals surface area contributed by atoms with Crippen LogP contribution in [0.4, 0.5) is 0 Å². The summed E-state index contributed by atoms with van der Waals surface area (Å²) in [6, 6.07) is 9.12. The topological polar surface area (TPSA) is 80.0 Å². The highest BCUT2D eigenvalue weighted by Gasteiger charge is 2.28. The van der Waals surface area contributed by atoms with Crippen molar-refractivity contribution in [2.75, 3.05) is 19.8 Å². The molecule has 0 spiro atoms. The molecule has 1 aromatic heterocycles. The molecule has 0 bridgehead atoms. The highest BCUT2D eigenvalue weighted by Crippen LogP contribution is 2.23. The molecule has 23 heavy (non-hydrogen) atoms. The fraction of sp³-hybridized carbons (Fsp3) is 0.412. The lowest BCUT2D eigenvalue weighted by atomic mass is 10.1. The molecule has 122 valence electrons. The predicted octanol–water partition coefficient (Wildman–Crippen LogP) is 2.53. The van der Waals surface area contributed by atoms with Gasteiger partial charge in [0.1, 0.15) is 5.58 Å². The van der Waals surface area contributed by atoms with Gasteiger partial charge in [0, 0.05) is 31.2 Å². The van der Waals surface area contributed by atoms with E-state index in [2.05, 4.69) is 0 Å². The fourth-order valence-electron chi connectivity index (χ4n) is 2.89. The van der Waals surface area contributed by atoms with Crippen LogP contribution in [0.25, 0.3) is 11.0 Å². The molecule has 2 aromatic rings. The number of nitrogens with zero attached hydrogens (tertiary/aromatic N) is 1. The predicted molar refractivity (Wildman–Crippen MR) is 83.3 cm³/mol. The average molecular weight is 317 g/mol. The molecule has 1 N–H and O–H groups in total. The van der Waals surface area contributed by atoms with Gasteiger partial charge in [-0.15, -0.1) is 0 Å². The third-order valence-corrected chi connectivity index (χ3v) is 4.10. The normalized spacial score (nSPS) is 15.7. The minimum absolute atomic E-state index is 0.0104. The summed E-state index contributed by atoms with van der Waals surface area (Å²) in [5, 5.41) is 9.80. The summed E-state index contributed by atoms with van der Waals surface area (Å²) in [6.07, 6.45) is 1.35. The van der Waals surface area contributed by atoms with Gasteiger partial charge in [-0.05, 0) is 25.0 Å². The summed E-state index contributed by atoms with van der Waals surface area (Å²) in [5.74, 6) is -0.920. The lowest BCUT2D eigenvalue weighted by Gasteiger charge is -2.33. The summed E-state index contributed by atoms with van der Waals surface area (Å²) in [5.41, 5.74) is 0.654. The van der Waals surface area contributed by atoms with Gasteiger partial charge in [0.15, 0.2) is 5.76 Å². The number of benzene rings is 1. The monoisotopic (exact) mass is 317 g/mol. The van der Waals surface area contributed by atoms with E-state index in [1.165, 1.54) is 0 Å². The van der Waals surface area contributed by atoms with Crippen molar-refractivity contribution in [2.24, 2.45) is 0 Å². The van der Waals surface area contributed by atoms with Crippen LogP contribution >= 0.6 is 0 Å². The molecule has 1 saturated heterocycles. The quantitative estimate of drug-likeness (QED) is 0.916. The van der Waals surface area contributed by atoms with Crippen LogP contribution in [0.1, 0.15) is 29.8 Å². The molecule has 0 unspecified atom stereocenters. The Morgan fingerprint density at radius 2 is 1.96 bits per heavy atom. The number of ether oxygens (including phenoxy) is 1. The van der Waals surface area contributed by atoms with Crippen molar-refractivity contribution in [3.05, 3.63) is 36.1 Å². The van der Waals surface area contributed by atoms with Crippen LogP contribution in [0.3, 0.4) is 0 Å². The zero-order valence-corrected chi connectivity index (χ0v) is 12.7. The van der Waals surface area contributed by atoms with Gasteiger partial charge >= 0.3 is 5.97 Å². The van der Waals surface area contributed by atoms with Crippen LogP contribution in [0, 0.1) is 0 Å². The molecule has 3 rings (SSSR count). The van der Waals surface area contributed by atoms with E-state index in [1.54, 1.807) is 11.0 Å². The Morgan fingerprint density at radius 3 is 2.65 bits per heavy atom. The number of carboxylic acid groups (broad SMARTS) is 1. The van der Waals surface area contributed by atoms with E-state index in [0.717, 1.165) is 5.39 Å². The summed E-state index contributed by atoms with van der Waals surface area (Å²) in [7, 11) is 0. The number of fused-ring (bicyclic) bond motifs is 1. The number of carbonyl (C=O) groups is 2. The molecule has 1 fully saturated rings. The number of carbonyl (C=O) groups excluding carboxylic acids is 1. The molecule has 0 radical (unpaired) electrons. The van der Waals surface area contributed by atoms with Gasteiger partial charge in [0.2, 0.25) is 0 Å². The maximum absolute atomic E-state index is 12.8. The Hall–Kier alpha value is -2.34. The number of carboxylic acids is 1. The van der Waals surface area contributed by atoms with Gasteiger partial charge in [-0.1, -0.05) is 18.2 Å². The second-order valence-corrected chi connectivity index (χ2v) is 5.63. The number of hydrogen-bond donors (Lipinski definition) is 1. The molecular weight excluding hydrogens is 298 g/mol. The van der Waals surface area contributed by atoms with Crippen molar-refractivity contribution < 1.29 is 23.8 Å². The Bertz CT molecular complexity index is 669. The Kier molecular flexibility index (Phi) is 4.62. The molecule has 1 aromatic carbocycles. The molecule has 2 heterocycles. The van der Waals surface area contributed by atoms with E-state index in [0.29, 0.717) is 31.6 Å². The van der Waals surface area contributed by atoms with Crippen molar-refractivity contribution >= 4 is 22.8 Å². The van der Waals surface area contributed by atoms with Crippen LogP contribution in [0.5, 0.6) is 0 Å². The summed E-state index contributed by atoms with van der Waals surface area (Å²) < 4.78 is 11.0. The molecule has 1 amide bonds. The zero-order chi connectivity index (χ0) is 16.2. The average Bonchev–Trinajstić information content (AvgIpc) is 2.99. The van der Waals surface area contributed by atoms with Gasteiger partial charge in [0.25, 0.3) is 5.91 Å². The van der Waals surface area contributed by atoms with Crippen LogP contribution in [-0.4, -0.2) is 47.7 Å².